The van der Waals surface area contributed by atoms with Crippen molar-refractivity contribution >= 4 is 5.78 Å². The number of carbonyl (C=O) groups is 1. The van der Waals surface area contributed by atoms with Crippen molar-refractivity contribution in [2.45, 2.75) is 40.5 Å². The fourth-order valence-corrected chi connectivity index (χ4v) is 2.79. The van der Waals surface area contributed by atoms with Crippen LogP contribution in [-0.4, -0.2) is 25.7 Å². The summed E-state index contributed by atoms with van der Waals surface area (Å²) in [4.78, 5) is 26.5. The van der Waals surface area contributed by atoms with Gasteiger partial charge < -0.3 is 4.79 Å². The van der Waals surface area contributed by atoms with Crippen LogP contribution in [0.15, 0.2) is 85.5 Å². The molecule has 170 valence electrons. The van der Waals surface area contributed by atoms with Gasteiger partial charge in [-0.1, -0.05) is 67.6 Å². The summed E-state index contributed by atoms with van der Waals surface area (Å²) in [5.74, 6) is 0.289. The number of aromatic nitrogens is 4. The topological polar surface area (TPSA) is 68.6 Å². The molecule has 0 saturated carbocycles. The largest absolute Gasteiger partial charge is 3.00 e. The molecular weight excluding hydrogens is 589 g/mol. The zero-order chi connectivity index (χ0) is 23.2. The molecule has 0 aliphatic carbocycles. The molecule has 0 amide bonds. The van der Waals surface area contributed by atoms with Crippen LogP contribution in [0.2, 0.25) is 0 Å². The minimum atomic E-state index is 0. The van der Waals surface area contributed by atoms with Crippen LogP contribution >= 0.6 is 0 Å². The first-order valence-electron chi connectivity index (χ1n) is 10.7. The predicted octanol–water partition coefficient (Wildman–Crippen LogP) is 6.28. The van der Waals surface area contributed by atoms with Crippen molar-refractivity contribution in [3.63, 3.8) is 0 Å². The third-order valence-electron chi connectivity index (χ3n) is 4.35. The molecule has 0 fully saturated rings. The van der Waals surface area contributed by atoms with Gasteiger partial charge in [0.05, 0.1) is 11.4 Å². The first kappa shape index (κ1) is 28.0. The van der Waals surface area contributed by atoms with Crippen LogP contribution in [0.25, 0.3) is 22.5 Å². The molecule has 0 saturated heterocycles. The second-order valence-electron chi connectivity index (χ2n) is 7.27. The first-order valence-corrected chi connectivity index (χ1v) is 10.7. The maximum Gasteiger partial charge on any atom is 3.00 e. The summed E-state index contributed by atoms with van der Waals surface area (Å²) in [5.41, 5.74) is 6.21. The molecule has 4 rings (SSSR count). The molecule has 0 atom stereocenters. The minimum Gasteiger partial charge on any atom is -0.300 e. The monoisotopic (exact) mass is 619 g/mol. The Morgan fingerprint density at radius 2 is 1.09 bits per heavy atom. The molecule has 0 bridgehead atoms. The molecule has 0 aliphatic rings. The van der Waals surface area contributed by atoms with Crippen LogP contribution in [0.4, 0.5) is 0 Å². The SMILES string of the molecule is CCCC(C)=O.Cc1cc(-c2ccccc2)ncn1.Cc1cc(-c2ccccc2)ncn1.[Ir+3]. The van der Waals surface area contributed by atoms with E-state index in [4.69, 9.17) is 0 Å². The van der Waals surface area contributed by atoms with Crippen molar-refractivity contribution in [3.05, 3.63) is 96.8 Å². The van der Waals surface area contributed by atoms with Crippen molar-refractivity contribution < 1.29 is 24.9 Å². The third kappa shape index (κ3) is 10.9. The number of Topliss-reactive ketones (excluding diaryl/α,β-unsaturated/α-hetero) is 1. The van der Waals surface area contributed by atoms with Gasteiger partial charge in [0.25, 0.3) is 0 Å². The van der Waals surface area contributed by atoms with E-state index in [1.54, 1.807) is 19.6 Å². The summed E-state index contributed by atoms with van der Waals surface area (Å²) < 4.78 is 0. The van der Waals surface area contributed by atoms with Crippen LogP contribution in [0.3, 0.4) is 0 Å². The summed E-state index contributed by atoms with van der Waals surface area (Å²) in [6.07, 6.45) is 4.91. The van der Waals surface area contributed by atoms with Gasteiger partial charge in [0, 0.05) is 28.9 Å². The van der Waals surface area contributed by atoms with Crippen LogP contribution in [0.5, 0.6) is 0 Å². The Morgan fingerprint density at radius 1 is 0.697 bits per heavy atom. The summed E-state index contributed by atoms with van der Waals surface area (Å²) in [5, 5.41) is 0. The summed E-state index contributed by atoms with van der Waals surface area (Å²) in [6, 6.07) is 24.2. The van der Waals surface area contributed by atoms with Gasteiger partial charge in [-0.3, -0.25) is 0 Å². The fraction of sp³-hybridized carbons (Fsp3) is 0.222. The normalized spacial score (nSPS) is 9.33. The van der Waals surface area contributed by atoms with Crippen molar-refractivity contribution in [3.8, 4) is 22.5 Å². The van der Waals surface area contributed by atoms with Gasteiger partial charge in [0.1, 0.15) is 18.4 Å². The molecule has 2 aromatic carbocycles. The smallest absolute Gasteiger partial charge is 0.300 e. The molecule has 6 heteroatoms. The van der Waals surface area contributed by atoms with Crippen LogP contribution in [-0.2, 0) is 24.9 Å². The Labute approximate surface area is 210 Å². The summed E-state index contributed by atoms with van der Waals surface area (Å²) >= 11 is 0. The van der Waals surface area contributed by atoms with Crippen LogP contribution in [0, 0.1) is 13.8 Å². The molecule has 0 unspecified atom stereocenters. The van der Waals surface area contributed by atoms with E-state index in [1.165, 1.54) is 0 Å². The van der Waals surface area contributed by atoms with E-state index in [2.05, 4.69) is 19.9 Å². The second kappa shape index (κ2) is 15.7. The number of benzene rings is 2. The predicted molar refractivity (Wildman–Crippen MR) is 130 cm³/mol. The van der Waals surface area contributed by atoms with E-state index in [9.17, 15) is 4.79 Å². The third-order valence-corrected chi connectivity index (χ3v) is 4.35. The number of rotatable bonds is 4. The second-order valence-corrected chi connectivity index (χ2v) is 7.27. The van der Waals surface area contributed by atoms with Gasteiger partial charge in [-0.2, -0.15) is 0 Å². The Bertz CT molecular complexity index is 1010. The molecule has 2 aromatic heterocycles. The summed E-state index contributed by atoms with van der Waals surface area (Å²) in [6.45, 7) is 7.55. The van der Waals surface area contributed by atoms with Crippen molar-refractivity contribution in [2.24, 2.45) is 0 Å². The van der Waals surface area contributed by atoms with E-state index in [-0.39, 0.29) is 25.9 Å². The molecule has 0 aliphatic heterocycles. The van der Waals surface area contributed by atoms with Gasteiger partial charge in [-0.05, 0) is 39.3 Å². The van der Waals surface area contributed by atoms with Gasteiger partial charge in [0.15, 0.2) is 0 Å². The Balaban J connectivity index is 0.000000262. The fourth-order valence-electron chi connectivity index (χ4n) is 2.79. The summed E-state index contributed by atoms with van der Waals surface area (Å²) in [7, 11) is 0. The van der Waals surface area contributed by atoms with E-state index < -0.39 is 0 Å². The standard InChI is InChI=1S/2C11H10N2.C5H10O.Ir/c2*1-9-7-11(13-8-12-9)10-5-3-2-4-6-10;1-3-4-5(2)6;/h2*2-8H,1H3;3-4H2,1-2H3;/q;;;+3. The molecular formula is C27H30IrN4O+3. The zero-order valence-corrected chi connectivity index (χ0v) is 21.9. The number of nitrogens with zero attached hydrogens (tertiary/aromatic N) is 4. The number of ketones is 1. The Kier molecular flexibility index (Phi) is 13.3. The maximum absolute atomic E-state index is 10.0. The Hall–Kier alpha value is -3.08. The van der Waals surface area contributed by atoms with E-state index in [0.717, 1.165) is 46.7 Å². The van der Waals surface area contributed by atoms with Gasteiger partial charge >= 0.3 is 20.1 Å². The molecule has 4 aromatic rings. The molecule has 0 N–H and O–H groups in total. The van der Waals surface area contributed by atoms with Gasteiger partial charge in [0.2, 0.25) is 0 Å². The quantitative estimate of drug-likeness (QED) is 0.270. The molecule has 2 heterocycles. The van der Waals surface area contributed by atoms with Crippen LogP contribution < -0.4 is 0 Å². The number of aryl methyl sites for hydroxylation is 2. The average Bonchev–Trinajstić information content (AvgIpc) is 2.81. The van der Waals surface area contributed by atoms with E-state index in [1.807, 2.05) is 93.6 Å². The van der Waals surface area contributed by atoms with Crippen molar-refractivity contribution in [1.82, 2.24) is 19.9 Å². The number of carbonyl (C=O) groups excluding carboxylic acids is 1. The van der Waals surface area contributed by atoms with Crippen molar-refractivity contribution in [2.75, 3.05) is 0 Å². The Morgan fingerprint density at radius 3 is 1.36 bits per heavy atom. The molecule has 0 spiro atoms. The van der Waals surface area contributed by atoms with Gasteiger partial charge in [-0.15, -0.1) is 0 Å². The zero-order valence-electron chi connectivity index (χ0n) is 19.5. The maximum atomic E-state index is 10.0. The van der Waals surface area contributed by atoms with E-state index in [0.29, 0.717) is 0 Å². The average molecular weight is 619 g/mol. The molecule has 0 radical (unpaired) electrons. The van der Waals surface area contributed by atoms with Crippen LogP contribution in [0.1, 0.15) is 38.1 Å². The molecule has 5 nitrogen and oxygen atoms in total. The minimum absolute atomic E-state index is 0. The first-order chi connectivity index (χ1) is 15.5. The van der Waals surface area contributed by atoms with E-state index >= 15 is 0 Å². The van der Waals surface area contributed by atoms with Crippen molar-refractivity contribution in [1.29, 1.82) is 0 Å². The number of hydrogen-bond acceptors (Lipinski definition) is 5. The molecule has 33 heavy (non-hydrogen) atoms. The van der Waals surface area contributed by atoms with Gasteiger partial charge in [-0.25, -0.2) is 19.9 Å². The number of hydrogen-bond donors (Lipinski definition) is 0.